The Morgan fingerprint density at radius 1 is 1.04 bits per heavy atom. The molecule has 0 unspecified atom stereocenters. The Morgan fingerprint density at radius 2 is 1.74 bits per heavy atom. The highest BCUT2D eigenvalue weighted by molar-refractivity contribution is 7.99. The normalized spacial score (nSPS) is 10.4. The van der Waals surface area contributed by atoms with Crippen molar-refractivity contribution in [3.05, 3.63) is 72.6 Å². The van der Waals surface area contributed by atoms with E-state index in [1.165, 1.54) is 11.8 Å². The van der Waals surface area contributed by atoms with Gasteiger partial charge in [0.25, 0.3) is 0 Å². The molecule has 116 valence electrons. The molecule has 6 heteroatoms. The zero-order valence-electron chi connectivity index (χ0n) is 12.3. The summed E-state index contributed by atoms with van der Waals surface area (Å²) >= 11 is 1.26. The molecule has 0 aliphatic rings. The molecule has 5 nitrogen and oxygen atoms in total. The van der Waals surface area contributed by atoms with Crippen molar-refractivity contribution in [2.75, 3.05) is 5.75 Å². The Kier molecular flexibility index (Phi) is 5.06. The SMILES string of the molecule is O=C(CSc1ncn(-c2ccccc2)n1)OCc1ccccc1. The largest absolute Gasteiger partial charge is 0.460 e. The Balaban J connectivity index is 1.49. The zero-order chi connectivity index (χ0) is 15.9. The number of hydrogen-bond donors (Lipinski definition) is 0. The lowest BCUT2D eigenvalue weighted by atomic mass is 10.2. The minimum Gasteiger partial charge on any atom is -0.460 e. The highest BCUT2D eigenvalue weighted by Crippen LogP contribution is 2.14. The summed E-state index contributed by atoms with van der Waals surface area (Å²) in [7, 11) is 0. The van der Waals surface area contributed by atoms with E-state index in [0.29, 0.717) is 5.16 Å². The van der Waals surface area contributed by atoms with E-state index in [1.807, 2.05) is 60.7 Å². The third-order valence-electron chi connectivity index (χ3n) is 3.05. The summed E-state index contributed by atoms with van der Waals surface area (Å²) in [5.74, 6) is -0.0963. The first-order chi connectivity index (χ1) is 11.3. The number of carbonyl (C=O) groups excluding carboxylic acids is 1. The van der Waals surface area contributed by atoms with Crippen LogP contribution in [0.5, 0.6) is 0 Å². The van der Waals surface area contributed by atoms with Gasteiger partial charge in [0.1, 0.15) is 12.9 Å². The second kappa shape index (κ2) is 7.60. The first kappa shape index (κ1) is 15.3. The number of esters is 1. The van der Waals surface area contributed by atoms with Gasteiger partial charge in [-0.1, -0.05) is 60.3 Å². The quantitative estimate of drug-likeness (QED) is 0.515. The van der Waals surface area contributed by atoms with E-state index in [1.54, 1.807) is 11.0 Å². The van der Waals surface area contributed by atoms with Gasteiger partial charge in [-0.25, -0.2) is 9.67 Å². The molecule has 0 N–H and O–H groups in total. The van der Waals surface area contributed by atoms with E-state index in [9.17, 15) is 4.79 Å². The van der Waals surface area contributed by atoms with Crippen molar-refractivity contribution < 1.29 is 9.53 Å². The fourth-order valence-corrected chi connectivity index (χ4v) is 2.52. The monoisotopic (exact) mass is 325 g/mol. The molecule has 23 heavy (non-hydrogen) atoms. The lowest BCUT2D eigenvalue weighted by Gasteiger charge is -2.03. The number of aromatic nitrogens is 3. The van der Waals surface area contributed by atoms with Crippen molar-refractivity contribution in [2.45, 2.75) is 11.8 Å². The van der Waals surface area contributed by atoms with Gasteiger partial charge in [0.05, 0.1) is 11.4 Å². The minimum absolute atomic E-state index is 0.186. The van der Waals surface area contributed by atoms with Crippen LogP contribution in [0.25, 0.3) is 5.69 Å². The summed E-state index contributed by atoms with van der Waals surface area (Å²) in [6, 6.07) is 19.3. The Bertz CT molecular complexity index is 760. The molecule has 0 fully saturated rings. The van der Waals surface area contributed by atoms with E-state index >= 15 is 0 Å². The third-order valence-corrected chi connectivity index (χ3v) is 3.88. The lowest BCUT2D eigenvalue weighted by Crippen LogP contribution is -2.07. The first-order valence-corrected chi connectivity index (χ1v) is 8.09. The van der Waals surface area contributed by atoms with Crippen LogP contribution in [0.15, 0.2) is 72.1 Å². The predicted molar refractivity (Wildman–Crippen MR) is 88.3 cm³/mol. The number of nitrogens with zero attached hydrogens (tertiary/aromatic N) is 3. The number of hydrogen-bond acceptors (Lipinski definition) is 5. The molecule has 0 aliphatic heterocycles. The highest BCUT2D eigenvalue weighted by Gasteiger charge is 2.08. The van der Waals surface area contributed by atoms with Gasteiger partial charge >= 0.3 is 5.97 Å². The third kappa shape index (κ3) is 4.43. The number of thioether (sulfide) groups is 1. The topological polar surface area (TPSA) is 57.0 Å². The van der Waals surface area contributed by atoms with E-state index in [2.05, 4.69) is 10.1 Å². The van der Waals surface area contributed by atoms with Crippen LogP contribution in [0.3, 0.4) is 0 Å². The summed E-state index contributed by atoms with van der Waals surface area (Å²) < 4.78 is 6.90. The van der Waals surface area contributed by atoms with E-state index in [0.717, 1.165) is 11.3 Å². The molecular weight excluding hydrogens is 310 g/mol. The number of ether oxygens (including phenoxy) is 1. The molecule has 0 aliphatic carbocycles. The van der Waals surface area contributed by atoms with E-state index < -0.39 is 0 Å². The van der Waals surface area contributed by atoms with Gasteiger partial charge < -0.3 is 4.74 Å². The lowest BCUT2D eigenvalue weighted by molar-refractivity contribution is -0.141. The zero-order valence-corrected chi connectivity index (χ0v) is 13.1. The molecule has 3 rings (SSSR count). The van der Waals surface area contributed by atoms with Crippen LogP contribution >= 0.6 is 11.8 Å². The van der Waals surface area contributed by atoms with Crippen LogP contribution in [0.2, 0.25) is 0 Å². The summed E-state index contributed by atoms with van der Waals surface area (Å²) in [5.41, 5.74) is 1.90. The van der Waals surface area contributed by atoms with Crippen molar-refractivity contribution in [2.24, 2.45) is 0 Å². The van der Waals surface area contributed by atoms with Crippen molar-refractivity contribution >= 4 is 17.7 Å². The van der Waals surface area contributed by atoms with Gasteiger partial charge in [-0.2, -0.15) is 0 Å². The smallest absolute Gasteiger partial charge is 0.316 e. The van der Waals surface area contributed by atoms with Crippen molar-refractivity contribution in [3.8, 4) is 5.69 Å². The fourth-order valence-electron chi connectivity index (χ4n) is 1.92. The van der Waals surface area contributed by atoms with Crippen LogP contribution < -0.4 is 0 Å². The van der Waals surface area contributed by atoms with E-state index in [4.69, 9.17) is 4.74 Å². The number of rotatable bonds is 6. The average Bonchev–Trinajstić information content (AvgIpc) is 3.09. The first-order valence-electron chi connectivity index (χ1n) is 7.11. The second-order valence-corrected chi connectivity index (χ2v) is 5.68. The molecule has 0 radical (unpaired) electrons. The van der Waals surface area contributed by atoms with Gasteiger partial charge in [0.15, 0.2) is 0 Å². The van der Waals surface area contributed by atoms with Gasteiger partial charge in [-0.05, 0) is 17.7 Å². The molecule has 0 saturated heterocycles. The second-order valence-electron chi connectivity index (χ2n) is 4.74. The van der Waals surface area contributed by atoms with Gasteiger partial charge in [0.2, 0.25) is 5.16 Å². The maximum absolute atomic E-state index is 11.8. The van der Waals surface area contributed by atoms with Crippen LogP contribution in [0.4, 0.5) is 0 Å². The maximum atomic E-state index is 11.8. The predicted octanol–water partition coefficient (Wildman–Crippen LogP) is 3.10. The van der Waals surface area contributed by atoms with Gasteiger partial charge in [-0.15, -0.1) is 5.10 Å². The van der Waals surface area contributed by atoms with Crippen molar-refractivity contribution in [1.29, 1.82) is 0 Å². The summed E-state index contributed by atoms with van der Waals surface area (Å²) in [6.45, 7) is 0.284. The molecular formula is C17H15N3O2S. The maximum Gasteiger partial charge on any atom is 0.316 e. The van der Waals surface area contributed by atoms with Gasteiger partial charge in [0, 0.05) is 0 Å². The number of carbonyl (C=O) groups is 1. The Labute approximate surface area is 138 Å². The molecule has 1 aromatic heterocycles. The van der Waals surface area contributed by atoms with Crippen LogP contribution in [-0.4, -0.2) is 26.5 Å². The summed E-state index contributed by atoms with van der Waals surface area (Å²) in [6.07, 6.45) is 1.63. The number of para-hydroxylation sites is 1. The molecule has 1 heterocycles. The summed E-state index contributed by atoms with van der Waals surface area (Å²) in [4.78, 5) is 16.0. The van der Waals surface area contributed by atoms with Crippen LogP contribution in [0.1, 0.15) is 5.56 Å². The highest BCUT2D eigenvalue weighted by atomic mass is 32.2. The molecule has 0 spiro atoms. The standard InChI is InChI=1S/C17H15N3O2S/c21-16(22-11-14-7-3-1-4-8-14)12-23-17-18-13-20(19-17)15-9-5-2-6-10-15/h1-10,13H,11-12H2. The molecule has 0 amide bonds. The molecule has 3 aromatic rings. The van der Waals surface area contributed by atoms with E-state index in [-0.39, 0.29) is 18.3 Å². The summed E-state index contributed by atoms with van der Waals surface area (Å²) in [5, 5.41) is 4.88. The van der Waals surface area contributed by atoms with Crippen molar-refractivity contribution in [3.63, 3.8) is 0 Å². The van der Waals surface area contributed by atoms with Gasteiger partial charge in [-0.3, -0.25) is 4.79 Å². The molecule has 0 atom stereocenters. The minimum atomic E-state index is -0.282. The fraction of sp³-hybridized carbons (Fsp3) is 0.118. The molecule has 0 bridgehead atoms. The Morgan fingerprint density at radius 3 is 2.48 bits per heavy atom. The molecule has 0 saturated carbocycles. The average molecular weight is 325 g/mol. The Hall–Kier alpha value is -2.60. The van der Waals surface area contributed by atoms with Crippen LogP contribution in [0, 0.1) is 0 Å². The van der Waals surface area contributed by atoms with Crippen molar-refractivity contribution in [1.82, 2.24) is 14.8 Å². The van der Waals surface area contributed by atoms with Crippen LogP contribution in [-0.2, 0) is 16.1 Å². The number of benzene rings is 2. The molecule has 2 aromatic carbocycles.